The van der Waals surface area contributed by atoms with E-state index in [4.69, 9.17) is 11.6 Å². The van der Waals surface area contributed by atoms with Crippen LogP contribution < -0.4 is 0 Å². The van der Waals surface area contributed by atoms with Crippen molar-refractivity contribution in [3.05, 3.63) is 70.0 Å². The van der Waals surface area contributed by atoms with Crippen molar-refractivity contribution >= 4 is 17.2 Å². The molecular weight excluding hydrogens is 392 g/mol. The Morgan fingerprint density at radius 3 is 2.50 bits per heavy atom. The monoisotopic (exact) mass is 428 g/mol. The zero-order valence-corrected chi connectivity index (χ0v) is 20.1. The summed E-state index contributed by atoms with van der Waals surface area (Å²) in [5, 5.41) is 11.1. The van der Waals surface area contributed by atoms with E-state index in [-0.39, 0.29) is 0 Å². The quantitative estimate of drug-likeness (QED) is 0.591. The Labute approximate surface area is 187 Å². The highest BCUT2D eigenvalue weighted by atomic mass is 35.5. The van der Waals surface area contributed by atoms with E-state index < -0.39 is 5.60 Å². The van der Waals surface area contributed by atoms with Gasteiger partial charge in [0.1, 0.15) is 0 Å². The van der Waals surface area contributed by atoms with Crippen LogP contribution in [0, 0.1) is 12.8 Å². The van der Waals surface area contributed by atoms with E-state index in [2.05, 4.69) is 56.8 Å². The van der Waals surface area contributed by atoms with Gasteiger partial charge in [-0.15, -0.1) is 0 Å². The van der Waals surface area contributed by atoms with Crippen LogP contribution in [0.5, 0.6) is 0 Å². The van der Waals surface area contributed by atoms with Gasteiger partial charge in [0.2, 0.25) is 0 Å². The maximum absolute atomic E-state index is 10.3. The second-order valence-electron chi connectivity index (χ2n) is 8.93. The molecule has 0 amide bonds. The number of rotatable bonds is 5. The van der Waals surface area contributed by atoms with Crippen molar-refractivity contribution in [1.82, 2.24) is 9.88 Å². The van der Waals surface area contributed by atoms with Crippen LogP contribution in [0.3, 0.4) is 0 Å². The van der Waals surface area contributed by atoms with Gasteiger partial charge in [0, 0.05) is 30.5 Å². The minimum absolute atomic E-state index is 0.540. The Kier molecular flexibility index (Phi) is 9.09. The first-order valence-corrected chi connectivity index (χ1v) is 11.3. The van der Waals surface area contributed by atoms with E-state index >= 15 is 0 Å². The molecule has 164 valence electrons. The molecular formula is C26H37ClN2O. The van der Waals surface area contributed by atoms with Gasteiger partial charge in [0.25, 0.3) is 0 Å². The van der Waals surface area contributed by atoms with Gasteiger partial charge in [-0.2, -0.15) is 0 Å². The Bertz CT molecular complexity index is 845. The van der Waals surface area contributed by atoms with Crippen LogP contribution in [-0.2, 0) is 5.60 Å². The summed E-state index contributed by atoms with van der Waals surface area (Å²) < 4.78 is 0. The summed E-state index contributed by atoms with van der Waals surface area (Å²) in [6, 6.07) is 9.91. The fraction of sp³-hybridized carbons (Fsp3) is 0.500. The number of aromatic nitrogens is 1. The minimum atomic E-state index is -0.724. The van der Waals surface area contributed by atoms with Crippen LogP contribution in [-0.4, -0.2) is 35.1 Å². The summed E-state index contributed by atoms with van der Waals surface area (Å²) in [6.45, 7) is 12.8. The van der Waals surface area contributed by atoms with Crippen LogP contribution in [0.4, 0.5) is 0 Å². The Morgan fingerprint density at radius 1 is 1.20 bits per heavy atom. The van der Waals surface area contributed by atoms with E-state index in [1.54, 1.807) is 12.4 Å². The molecule has 1 N–H and O–H groups in total. The third-order valence-corrected chi connectivity index (χ3v) is 6.32. The lowest BCUT2D eigenvalue weighted by Gasteiger charge is -2.27. The molecule has 30 heavy (non-hydrogen) atoms. The normalized spacial score (nSPS) is 17.7. The van der Waals surface area contributed by atoms with Crippen LogP contribution >= 0.6 is 11.6 Å². The molecule has 3 rings (SSSR count). The highest BCUT2D eigenvalue weighted by molar-refractivity contribution is 6.30. The maximum Gasteiger partial charge on any atom is 0.0872 e. The number of benzene rings is 1. The van der Waals surface area contributed by atoms with Crippen molar-refractivity contribution in [2.75, 3.05) is 20.1 Å². The van der Waals surface area contributed by atoms with Crippen LogP contribution in [0.2, 0.25) is 5.02 Å². The molecule has 0 saturated carbocycles. The maximum atomic E-state index is 10.3. The second kappa shape index (κ2) is 11.1. The van der Waals surface area contributed by atoms with Crippen molar-refractivity contribution in [2.24, 2.45) is 5.92 Å². The average molecular weight is 429 g/mol. The molecule has 2 unspecified atom stereocenters. The van der Waals surface area contributed by atoms with Gasteiger partial charge >= 0.3 is 0 Å². The SMILES string of the molecule is CC1=C(c2cc(Cl)ccc2C)CN(C)CC1.CCC(C)CC(C)(O)c1ccncc1. The summed E-state index contributed by atoms with van der Waals surface area (Å²) >= 11 is 6.08. The first-order valence-electron chi connectivity index (χ1n) is 10.9. The molecule has 1 aliphatic heterocycles. The summed E-state index contributed by atoms with van der Waals surface area (Å²) in [6.07, 6.45) is 6.51. The largest absolute Gasteiger partial charge is 0.385 e. The molecule has 0 radical (unpaired) electrons. The summed E-state index contributed by atoms with van der Waals surface area (Å²) in [7, 11) is 2.17. The molecule has 1 aliphatic rings. The first kappa shape index (κ1) is 24.6. The number of pyridine rings is 1. The van der Waals surface area contributed by atoms with E-state index in [1.165, 1.54) is 22.3 Å². The molecule has 0 saturated heterocycles. The number of likely N-dealkylation sites (N-methyl/N-ethyl adjacent to an activating group) is 1. The third-order valence-electron chi connectivity index (χ3n) is 6.08. The molecule has 0 spiro atoms. The summed E-state index contributed by atoms with van der Waals surface area (Å²) in [5.41, 5.74) is 5.81. The number of halogens is 1. The topological polar surface area (TPSA) is 36.4 Å². The third kappa shape index (κ3) is 6.94. The van der Waals surface area contributed by atoms with Crippen molar-refractivity contribution in [3.8, 4) is 0 Å². The van der Waals surface area contributed by atoms with Crippen molar-refractivity contribution in [1.29, 1.82) is 0 Å². The fourth-order valence-corrected chi connectivity index (χ4v) is 4.05. The van der Waals surface area contributed by atoms with Crippen molar-refractivity contribution < 1.29 is 5.11 Å². The van der Waals surface area contributed by atoms with Gasteiger partial charge in [-0.3, -0.25) is 4.98 Å². The molecule has 0 bridgehead atoms. The average Bonchev–Trinajstić information content (AvgIpc) is 2.72. The molecule has 1 aromatic heterocycles. The predicted molar refractivity (Wildman–Crippen MR) is 129 cm³/mol. The molecule has 2 heterocycles. The summed E-state index contributed by atoms with van der Waals surface area (Å²) in [4.78, 5) is 6.31. The minimum Gasteiger partial charge on any atom is -0.385 e. The van der Waals surface area contributed by atoms with Gasteiger partial charge < -0.3 is 10.0 Å². The van der Waals surface area contributed by atoms with Gasteiger partial charge in [-0.05, 0) is 93.1 Å². The molecule has 2 aromatic rings. The number of nitrogens with zero attached hydrogens (tertiary/aromatic N) is 2. The summed E-state index contributed by atoms with van der Waals surface area (Å²) in [5.74, 6) is 0.540. The van der Waals surface area contributed by atoms with Crippen LogP contribution in [0.1, 0.15) is 63.6 Å². The zero-order chi connectivity index (χ0) is 22.3. The Hall–Kier alpha value is -1.68. The number of aryl methyl sites for hydroxylation is 1. The van der Waals surface area contributed by atoms with Crippen LogP contribution in [0.15, 0.2) is 48.3 Å². The Balaban J connectivity index is 0.000000216. The van der Waals surface area contributed by atoms with E-state index in [9.17, 15) is 5.11 Å². The zero-order valence-electron chi connectivity index (χ0n) is 19.4. The van der Waals surface area contributed by atoms with Gasteiger partial charge in [-0.1, -0.05) is 43.5 Å². The van der Waals surface area contributed by atoms with E-state index in [0.717, 1.165) is 42.9 Å². The van der Waals surface area contributed by atoms with E-state index in [0.29, 0.717) is 5.92 Å². The first-order chi connectivity index (χ1) is 14.1. The van der Waals surface area contributed by atoms with Gasteiger partial charge in [0.05, 0.1) is 5.60 Å². The van der Waals surface area contributed by atoms with E-state index in [1.807, 2.05) is 25.1 Å². The van der Waals surface area contributed by atoms with Crippen LogP contribution in [0.25, 0.3) is 5.57 Å². The molecule has 2 atom stereocenters. The Morgan fingerprint density at radius 2 is 1.87 bits per heavy atom. The van der Waals surface area contributed by atoms with Gasteiger partial charge in [0.15, 0.2) is 0 Å². The lowest BCUT2D eigenvalue weighted by Crippen LogP contribution is -2.27. The lowest BCUT2D eigenvalue weighted by atomic mass is 9.86. The van der Waals surface area contributed by atoms with Gasteiger partial charge in [-0.25, -0.2) is 0 Å². The highest BCUT2D eigenvalue weighted by Crippen LogP contribution is 2.30. The number of hydrogen-bond donors (Lipinski definition) is 1. The number of aliphatic hydroxyl groups is 1. The fourth-order valence-electron chi connectivity index (χ4n) is 3.88. The molecule has 0 aliphatic carbocycles. The molecule has 1 aromatic carbocycles. The molecule has 0 fully saturated rings. The second-order valence-corrected chi connectivity index (χ2v) is 9.37. The predicted octanol–water partition coefficient (Wildman–Crippen LogP) is 6.48. The molecule has 3 nitrogen and oxygen atoms in total. The smallest absolute Gasteiger partial charge is 0.0872 e. The highest BCUT2D eigenvalue weighted by Gasteiger charge is 2.24. The number of hydrogen-bond acceptors (Lipinski definition) is 3. The molecule has 4 heteroatoms. The van der Waals surface area contributed by atoms with Crippen molar-refractivity contribution in [3.63, 3.8) is 0 Å². The lowest BCUT2D eigenvalue weighted by molar-refractivity contribution is 0.0318. The standard InChI is InChI=1S/C14H18ClN.C12H19NO/c1-10-4-5-12(15)8-13(10)14-9-16(3)7-6-11(14)2;1-4-10(2)9-12(3,14)11-5-7-13-8-6-11/h4-5,8H,6-7,9H2,1-3H3;5-8,10,14H,4,9H2,1-3H3. The van der Waals surface area contributed by atoms with Crippen molar-refractivity contribution in [2.45, 2.75) is 59.5 Å².